The second kappa shape index (κ2) is 8.42. The van der Waals surface area contributed by atoms with Crippen LogP contribution in [-0.4, -0.2) is 0 Å². The number of halogens is 1. The molecule has 0 radical (unpaired) electrons. The highest BCUT2D eigenvalue weighted by molar-refractivity contribution is 8.08. The van der Waals surface area contributed by atoms with Crippen LogP contribution in [0.1, 0.15) is 29.2 Å². The molecule has 0 N–H and O–H groups in total. The smallest absolute Gasteiger partial charge is 0.0406 e. The van der Waals surface area contributed by atoms with E-state index in [1.54, 1.807) is 11.8 Å². The summed E-state index contributed by atoms with van der Waals surface area (Å²) in [6.07, 6.45) is 3.31. The molecular formula is C23H21ClS. The van der Waals surface area contributed by atoms with Crippen molar-refractivity contribution in [2.75, 3.05) is 0 Å². The van der Waals surface area contributed by atoms with Gasteiger partial charge in [-0.2, -0.15) is 0 Å². The molecule has 0 amide bonds. The lowest BCUT2D eigenvalue weighted by Gasteiger charge is -2.10. The van der Waals surface area contributed by atoms with Crippen LogP contribution in [0.3, 0.4) is 0 Å². The molecule has 0 saturated heterocycles. The molecule has 0 bridgehead atoms. The fourth-order valence-electron chi connectivity index (χ4n) is 2.52. The van der Waals surface area contributed by atoms with E-state index in [1.807, 2.05) is 12.1 Å². The van der Waals surface area contributed by atoms with Gasteiger partial charge < -0.3 is 0 Å². The molecule has 3 rings (SSSR count). The van der Waals surface area contributed by atoms with E-state index in [0.717, 1.165) is 11.4 Å². The first-order valence-corrected chi connectivity index (χ1v) is 9.64. The van der Waals surface area contributed by atoms with E-state index in [9.17, 15) is 0 Å². The fraction of sp³-hybridized carbons (Fsp3) is 0.130. The van der Waals surface area contributed by atoms with Gasteiger partial charge in [0.15, 0.2) is 0 Å². The predicted molar refractivity (Wildman–Crippen MR) is 112 cm³/mol. The average Bonchev–Trinajstić information content (AvgIpc) is 2.65. The van der Waals surface area contributed by atoms with Gasteiger partial charge in [-0.3, -0.25) is 0 Å². The van der Waals surface area contributed by atoms with Crippen molar-refractivity contribution in [3.63, 3.8) is 0 Å². The largest absolute Gasteiger partial charge is 0.0894 e. The van der Waals surface area contributed by atoms with E-state index in [0.29, 0.717) is 0 Å². The zero-order valence-electron chi connectivity index (χ0n) is 14.5. The molecule has 0 aliphatic carbocycles. The highest BCUT2D eigenvalue weighted by atomic mass is 35.5. The summed E-state index contributed by atoms with van der Waals surface area (Å²) < 4.78 is 0. The zero-order valence-corrected chi connectivity index (χ0v) is 16.1. The minimum absolute atomic E-state index is 0.765. The van der Waals surface area contributed by atoms with Crippen molar-refractivity contribution in [2.45, 2.75) is 25.2 Å². The predicted octanol–water partition coefficient (Wildman–Crippen LogP) is 7.50. The summed E-state index contributed by atoms with van der Waals surface area (Å²) in [6, 6.07) is 25.5. The van der Waals surface area contributed by atoms with Crippen LogP contribution >= 0.6 is 23.4 Å². The van der Waals surface area contributed by atoms with Crippen molar-refractivity contribution in [3.8, 4) is 0 Å². The molecule has 0 aliphatic rings. The maximum atomic E-state index is 6.02. The third kappa shape index (κ3) is 5.01. The molecule has 0 unspecified atom stereocenters. The Morgan fingerprint density at radius 1 is 0.880 bits per heavy atom. The number of benzene rings is 3. The molecule has 126 valence electrons. The molecule has 2 heteroatoms. The van der Waals surface area contributed by atoms with Crippen LogP contribution in [-0.2, 0) is 6.42 Å². The molecule has 0 spiro atoms. The maximum Gasteiger partial charge on any atom is 0.0406 e. The number of thioether (sulfide) groups is 1. The first kappa shape index (κ1) is 17.8. The molecule has 0 fully saturated rings. The normalized spacial score (nSPS) is 11.6. The van der Waals surface area contributed by atoms with Gasteiger partial charge in [0.05, 0.1) is 0 Å². The molecule has 0 saturated carbocycles. The van der Waals surface area contributed by atoms with Gasteiger partial charge in [-0.1, -0.05) is 84.4 Å². The van der Waals surface area contributed by atoms with Crippen LogP contribution < -0.4 is 0 Å². The monoisotopic (exact) mass is 364 g/mol. The minimum Gasteiger partial charge on any atom is -0.0894 e. The molecule has 3 aromatic carbocycles. The van der Waals surface area contributed by atoms with E-state index < -0.39 is 0 Å². The van der Waals surface area contributed by atoms with Crippen molar-refractivity contribution in [3.05, 3.63) is 100 Å². The lowest BCUT2D eigenvalue weighted by molar-refractivity contribution is 1.14. The number of aryl methyl sites for hydroxylation is 2. The van der Waals surface area contributed by atoms with Gasteiger partial charge in [-0.15, -0.1) is 0 Å². The number of rotatable bonds is 5. The molecule has 0 atom stereocenters. The molecule has 3 aromatic rings. The Balaban J connectivity index is 1.97. The second-order valence-electron chi connectivity index (χ2n) is 6.03. The van der Waals surface area contributed by atoms with Crippen LogP contribution in [0.25, 0.3) is 11.0 Å². The Morgan fingerprint density at radius 3 is 2.12 bits per heavy atom. The van der Waals surface area contributed by atoms with Gasteiger partial charge in [0.25, 0.3) is 0 Å². The fourth-order valence-corrected chi connectivity index (χ4v) is 3.62. The Kier molecular flexibility index (Phi) is 6.01. The maximum absolute atomic E-state index is 6.02. The zero-order chi connectivity index (χ0) is 17.6. The van der Waals surface area contributed by atoms with E-state index in [1.165, 1.54) is 32.1 Å². The van der Waals surface area contributed by atoms with E-state index in [4.69, 9.17) is 11.6 Å². The van der Waals surface area contributed by atoms with Crippen LogP contribution in [0, 0.1) is 6.92 Å². The summed E-state index contributed by atoms with van der Waals surface area (Å²) in [6.45, 7) is 4.29. The summed E-state index contributed by atoms with van der Waals surface area (Å²) in [4.78, 5) is 2.41. The van der Waals surface area contributed by atoms with Gasteiger partial charge in [0, 0.05) is 14.8 Å². The van der Waals surface area contributed by atoms with Gasteiger partial charge in [0.2, 0.25) is 0 Å². The first-order valence-electron chi connectivity index (χ1n) is 8.45. The first-order chi connectivity index (χ1) is 12.1. The highest BCUT2D eigenvalue weighted by Crippen LogP contribution is 2.36. The third-order valence-corrected chi connectivity index (χ3v) is 5.40. The van der Waals surface area contributed by atoms with Gasteiger partial charge in [0.1, 0.15) is 0 Å². The molecular weight excluding hydrogens is 344 g/mol. The molecule has 0 heterocycles. The summed E-state index contributed by atoms with van der Waals surface area (Å²) in [7, 11) is 0. The van der Waals surface area contributed by atoms with E-state index >= 15 is 0 Å². The van der Waals surface area contributed by atoms with Crippen LogP contribution in [0.4, 0.5) is 0 Å². The van der Waals surface area contributed by atoms with Crippen molar-refractivity contribution in [1.29, 1.82) is 0 Å². The molecule has 0 aromatic heterocycles. The highest BCUT2D eigenvalue weighted by Gasteiger charge is 2.06. The lowest BCUT2D eigenvalue weighted by atomic mass is 10.1. The lowest BCUT2D eigenvalue weighted by Crippen LogP contribution is -1.85. The van der Waals surface area contributed by atoms with Crippen molar-refractivity contribution < 1.29 is 0 Å². The average molecular weight is 365 g/mol. The SMILES string of the molecule is CCc1ccc(/C(=C/c2ccc(C)cc2)Sc2ccc(Cl)cc2)cc1. The van der Waals surface area contributed by atoms with E-state index in [2.05, 4.69) is 80.6 Å². The van der Waals surface area contributed by atoms with E-state index in [-0.39, 0.29) is 0 Å². The van der Waals surface area contributed by atoms with Crippen molar-refractivity contribution >= 4 is 34.3 Å². The van der Waals surface area contributed by atoms with Crippen LogP contribution in [0.15, 0.2) is 77.7 Å². The van der Waals surface area contributed by atoms with Crippen molar-refractivity contribution in [1.82, 2.24) is 0 Å². The third-order valence-electron chi connectivity index (χ3n) is 4.06. The Morgan fingerprint density at radius 2 is 1.52 bits per heavy atom. The van der Waals surface area contributed by atoms with Crippen LogP contribution in [0.5, 0.6) is 0 Å². The van der Waals surface area contributed by atoms with Gasteiger partial charge in [-0.25, -0.2) is 0 Å². The summed E-state index contributed by atoms with van der Waals surface area (Å²) in [5.74, 6) is 0. The Bertz CT molecular complexity index is 844. The summed E-state index contributed by atoms with van der Waals surface area (Å²) in [5.41, 5.74) is 5.07. The van der Waals surface area contributed by atoms with Crippen LogP contribution in [0.2, 0.25) is 5.02 Å². The topological polar surface area (TPSA) is 0 Å². The minimum atomic E-state index is 0.765. The molecule has 0 aliphatic heterocycles. The number of hydrogen-bond acceptors (Lipinski definition) is 1. The second-order valence-corrected chi connectivity index (χ2v) is 7.58. The Labute approximate surface area is 159 Å². The van der Waals surface area contributed by atoms with Crippen molar-refractivity contribution in [2.24, 2.45) is 0 Å². The molecule has 25 heavy (non-hydrogen) atoms. The Hall–Kier alpha value is -1.96. The summed E-state index contributed by atoms with van der Waals surface area (Å²) in [5, 5.41) is 0.765. The summed E-state index contributed by atoms with van der Waals surface area (Å²) >= 11 is 7.78. The standard InChI is InChI=1S/C23H21ClS/c1-3-18-8-10-20(11-9-18)23(16-19-6-4-17(2)5-7-19)25-22-14-12-21(24)13-15-22/h4-16H,3H2,1-2H3/b23-16-. The van der Waals surface area contributed by atoms with Gasteiger partial charge in [-0.05, 0) is 60.4 Å². The quantitative estimate of drug-likeness (QED) is 0.333. The number of hydrogen-bond donors (Lipinski definition) is 0. The molecule has 0 nitrogen and oxygen atoms in total. The van der Waals surface area contributed by atoms with Gasteiger partial charge >= 0.3 is 0 Å².